The predicted octanol–water partition coefficient (Wildman–Crippen LogP) is 1.87. The second kappa shape index (κ2) is 5.58. The van der Waals surface area contributed by atoms with Crippen LogP contribution < -0.4 is 11.2 Å². The van der Waals surface area contributed by atoms with Gasteiger partial charge in [0.15, 0.2) is 0 Å². The largest absolute Gasteiger partial charge is 0.368 e. The Balaban J connectivity index is 2.34. The third-order valence-electron chi connectivity index (χ3n) is 3.69. The van der Waals surface area contributed by atoms with Gasteiger partial charge < -0.3 is 5.73 Å². The van der Waals surface area contributed by atoms with Crippen molar-refractivity contribution >= 4 is 17.5 Å². The van der Waals surface area contributed by atoms with E-state index in [9.17, 15) is 10.1 Å². The van der Waals surface area contributed by atoms with Crippen LogP contribution in [0, 0.1) is 17.0 Å². The summed E-state index contributed by atoms with van der Waals surface area (Å²) in [6, 6.07) is 0.574. The zero-order valence-corrected chi connectivity index (χ0v) is 12.0. The molecule has 0 spiro atoms. The van der Waals surface area contributed by atoms with Gasteiger partial charge >= 0.3 is 5.69 Å². The van der Waals surface area contributed by atoms with Crippen LogP contribution in [0.4, 0.5) is 17.5 Å². The fraction of sp³-hybridized carbons (Fsp3) is 0.667. The van der Waals surface area contributed by atoms with Gasteiger partial charge in [-0.15, -0.1) is 0 Å². The first kappa shape index (κ1) is 14.4. The maximum Gasteiger partial charge on any atom is 0.333 e. The summed E-state index contributed by atoms with van der Waals surface area (Å²) in [5.74, 6) is 0.202. The van der Waals surface area contributed by atoms with Crippen LogP contribution in [0.25, 0.3) is 0 Å². The van der Waals surface area contributed by atoms with E-state index in [1.807, 2.05) is 5.01 Å². The van der Waals surface area contributed by atoms with Crippen molar-refractivity contribution in [2.75, 3.05) is 11.2 Å². The van der Waals surface area contributed by atoms with Crippen molar-refractivity contribution in [2.24, 2.45) is 0 Å². The lowest BCUT2D eigenvalue weighted by atomic mass is 10.00. The third-order valence-corrected chi connectivity index (χ3v) is 3.69. The summed E-state index contributed by atoms with van der Waals surface area (Å²) in [5.41, 5.74) is 8.82. The molecule has 0 radical (unpaired) electrons. The third kappa shape index (κ3) is 2.79. The van der Waals surface area contributed by atoms with Gasteiger partial charge in [0.1, 0.15) is 5.69 Å². The minimum Gasteiger partial charge on any atom is -0.368 e. The number of nitrogens with one attached hydrogen (secondary N) is 1. The Morgan fingerprint density at radius 2 is 1.95 bits per heavy atom. The number of hydrazine groups is 1. The van der Waals surface area contributed by atoms with E-state index in [4.69, 9.17) is 5.73 Å². The monoisotopic (exact) mass is 280 g/mol. The van der Waals surface area contributed by atoms with E-state index in [-0.39, 0.29) is 35.2 Å². The molecule has 20 heavy (non-hydrogen) atoms. The highest BCUT2D eigenvalue weighted by atomic mass is 16.6. The Labute approximate surface area is 117 Å². The van der Waals surface area contributed by atoms with Crippen LogP contribution in [0.3, 0.4) is 0 Å². The summed E-state index contributed by atoms with van der Waals surface area (Å²) < 4.78 is 0. The zero-order valence-electron chi connectivity index (χ0n) is 12.0. The Hall–Kier alpha value is -1.96. The first-order chi connectivity index (χ1) is 9.40. The molecule has 0 aliphatic carbocycles. The Morgan fingerprint density at radius 1 is 1.35 bits per heavy atom. The van der Waals surface area contributed by atoms with Crippen molar-refractivity contribution in [3.05, 3.63) is 15.8 Å². The fourth-order valence-corrected chi connectivity index (χ4v) is 2.65. The molecule has 2 unspecified atom stereocenters. The molecule has 0 bridgehead atoms. The van der Waals surface area contributed by atoms with Gasteiger partial charge in [-0.05, 0) is 33.6 Å². The number of nitro groups is 1. The molecule has 0 amide bonds. The molecule has 8 heteroatoms. The fourth-order valence-electron chi connectivity index (χ4n) is 2.65. The van der Waals surface area contributed by atoms with E-state index in [1.165, 1.54) is 0 Å². The van der Waals surface area contributed by atoms with Crippen LogP contribution in [0.2, 0.25) is 0 Å². The van der Waals surface area contributed by atoms with Gasteiger partial charge in [-0.2, -0.15) is 4.98 Å². The van der Waals surface area contributed by atoms with Crippen molar-refractivity contribution in [1.29, 1.82) is 0 Å². The van der Waals surface area contributed by atoms with Crippen molar-refractivity contribution in [1.82, 2.24) is 15.0 Å². The SMILES string of the molecule is Cc1nc(N)nc(NN2C(C)CCCC2C)c1[N+](=O)[O-]. The van der Waals surface area contributed by atoms with Crippen LogP contribution in [0.1, 0.15) is 38.8 Å². The molecule has 1 fully saturated rings. The molecule has 8 nitrogen and oxygen atoms in total. The topological polar surface area (TPSA) is 110 Å². The number of hydrogen-bond acceptors (Lipinski definition) is 7. The summed E-state index contributed by atoms with van der Waals surface area (Å²) in [6.45, 7) is 5.74. The van der Waals surface area contributed by atoms with Gasteiger partial charge in [0.05, 0.1) is 4.92 Å². The minimum absolute atomic E-state index is 0.0351. The Bertz CT molecular complexity index is 511. The van der Waals surface area contributed by atoms with Crippen LogP contribution >= 0.6 is 0 Å². The molecule has 2 atom stereocenters. The molecule has 3 N–H and O–H groups in total. The standard InChI is InChI=1S/C12H20N6O2/c1-7-5-4-6-8(2)17(7)16-11-10(18(19)20)9(3)14-12(13)15-11/h7-8H,4-6H2,1-3H3,(H3,13,14,15,16). The van der Waals surface area contributed by atoms with Crippen molar-refractivity contribution in [3.63, 3.8) is 0 Å². The lowest BCUT2D eigenvalue weighted by Crippen LogP contribution is -2.47. The second-order valence-corrected chi connectivity index (χ2v) is 5.27. The number of nitrogen functional groups attached to an aromatic ring is 1. The normalized spacial score (nSPS) is 23.6. The van der Waals surface area contributed by atoms with Gasteiger partial charge in [-0.1, -0.05) is 6.42 Å². The van der Waals surface area contributed by atoms with Crippen molar-refractivity contribution in [3.8, 4) is 0 Å². The highest BCUT2D eigenvalue weighted by Crippen LogP contribution is 2.29. The van der Waals surface area contributed by atoms with E-state index < -0.39 is 4.92 Å². The van der Waals surface area contributed by atoms with E-state index >= 15 is 0 Å². The molecule has 1 aromatic rings. The number of piperidine rings is 1. The number of anilines is 2. The average Bonchev–Trinajstić information content (AvgIpc) is 2.32. The molecule has 1 aliphatic rings. The lowest BCUT2D eigenvalue weighted by Gasteiger charge is -2.38. The molecular weight excluding hydrogens is 260 g/mol. The van der Waals surface area contributed by atoms with E-state index in [2.05, 4.69) is 29.2 Å². The van der Waals surface area contributed by atoms with Gasteiger partial charge in [-0.3, -0.25) is 15.5 Å². The minimum atomic E-state index is -0.476. The van der Waals surface area contributed by atoms with Gasteiger partial charge in [0, 0.05) is 12.1 Å². The van der Waals surface area contributed by atoms with E-state index in [0.717, 1.165) is 19.3 Å². The Morgan fingerprint density at radius 3 is 2.50 bits per heavy atom. The highest BCUT2D eigenvalue weighted by Gasteiger charge is 2.29. The highest BCUT2D eigenvalue weighted by molar-refractivity contribution is 5.59. The molecular formula is C12H20N6O2. The summed E-state index contributed by atoms with van der Waals surface area (Å²) in [6.07, 6.45) is 3.25. The van der Waals surface area contributed by atoms with Gasteiger partial charge in [-0.25, -0.2) is 9.99 Å². The smallest absolute Gasteiger partial charge is 0.333 e. The Kier molecular flexibility index (Phi) is 4.03. The molecule has 1 aliphatic heterocycles. The number of nitrogens with two attached hydrogens (primary N) is 1. The molecule has 0 saturated carbocycles. The van der Waals surface area contributed by atoms with Crippen LogP contribution in [-0.2, 0) is 0 Å². The first-order valence-corrected chi connectivity index (χ1v) is 6.73. The molecule has 110 valence electrons. The maximum absolute atomic E-state index is 11.2. The first-order valence-electron chi connectivity index (χ1n) is 6.73. The van der Waals surface area contributed by atoms with Gasteiger partial charge in [0.2, 0.25) is 11.8 Å². The van der Waals surface area contributed by atoms with E-state index in [0.29, 0.717) is 0 Å². The summed E-state index contributed by atoms with van der Waals surface area (Å²) >= 11 is 0. The van der Waals surface area contributed by atoms with Crippen molar-refractivity contribution in [2.45, 2.75) is 52.1 Å². The quantitative estimate of drug-likeness (QED) is 0.642. The van der Waals surface area contributed by atoms with Crippen LogP contribution in [0.15, 0.2) is 0 Å². The summed E-state index contributed by atoms with van der Waals surface area (Å²) in [5, 5.41) is 13.2. The average molecular weight is 280 g/mol. The van der Waals surface area contributed by atoms with Crippen molar-refractivity contribution < 1.29 is 4.92 Å². The molecule has 2 rings (SSSR count). The lowest BCUT2D eigenvalue weighted by molar-refractivity contribution is -0.385. The van der Waals surface area contributed by atoms with Crippen LogP contribution in [-0.4, -0.2) is 32.0 Å². The number of hydrogen-bond donors (Lipinski definition) is 2. The maximum atomic E-state index is 11.2. The zero-order chi connectivity index (χ0) is 14.9. The second-order valence-electron chi connectivity index (χ2n) is 5.27. The van der Waals surface area contributed by atoms with Crippen LogP contribution in [0.5, 0.6) is 0 Å². The summed E-state index contributed by atoms with van der Waals surface area (Å²) in [7, 11) is 0. The molecule has 1 saturated heterocycles. The number of rotatable bonds is 3. The van der Waals surface area contributed by atoms with Gasteiger partial charge in [0.25, 0.3) is 0 Å². The molecule has 0 aromatic carbocycles. The molecule has 1 aromatic heterocycles. The number of nitrogens with zero attached hydrogens (tertiary/aromatic N) is 4. The summed E-state index contributed by atoms with van der Waals surface area (Å²) in [4.78, 5) is 18.6. The molecule has 2 heterocycles. The number of aryl methyl sites for hydroxylation is 1. The number of aromatic nitrogens is 2. The predicted molar refractivity (Wildman–Crippen MR) is 76.1 cm³/mol. The van der Waals surface area contributed by atoms with E-state index in [1.54, 1.807) is 6.92 Å².